The van der Waals surface area contributed by atoms with E-state index >= 15 is 0 Å². The molecule has 0 saturated carbocycles. The standard InChI is InChI=1S/C26H31ClN2O5/c1-5-28(6-2)14-15-29-23(18-10-13-20(34-7-3)21(16-18)33-4)22(25(31)26(29)32)24(30)17-8-11-19(27)12-9-17/h8-13,16,23,30H,5-7,14-15H2,1-4H3/t23-/m1/s1. The van der Waals surface area contributed by atoms with Crippen LogP contribution in [0.5, 0.6) is 11.5 Å². The van der Waals surface area contributed by atoms with Crippen molar-refractivity contribution in [1.29, 1.82) is 0 Å². The van der Waals surface area contributed by atoms with Gasteiger partial charge in [-0.25, -0.2) is 0 Å². The molecule has 0 bridgehead atoms. The van der Waals surface area contributed by atoms with E-state index in [0.29, 0.717) is 47.3 Å². The van der Waals surface area contributed by atoms with Crippen LogP contribution in [0.4, 0.5) is 0 Å². The summed E-state index contributed by atoms with van der Waals surface area (Å²) in [6.45, 7) is 9.03. The van der Waals surface area contributed by atoms with Gasteiger partial charge in [-0.1, -0.05) is 31.5 Å². The molecular formula is C26H31ClN2O5. The molecule has 2 aromatic rings. The van der Waals surface area contributed by atoms with E-state index in [1.165, 1.54) is 12.0 Å². The summed E-state index contributed by atoms with van der Waals surface area (Å²) in [5.74, 6) is -0.546. The number of amides is 1. The maximum atomic E-state index is 13.2. The SMILES string of the molecule is CCOc1ccc([C@@H]2C(=C(O)c3ccc(Cl)cc3)C(=O)C(=O)N2CCN(CC)CC)cc1OC. The number of likely N-dealkylation sites (tertiary alicyclic amines) is 1. The molecule has 2 aromatic carbocycles. The van der Waals surface area contributed by atoms with Gasteiger partial charge in [0.05, 0.1) is 25.3 Å². The number of aliphatic hydroxyl groups is 1. The topological polar surface area (TPSA) is 79.3 Å². The van der Waals surface area contributed by atoms with E-state index in [9.17, 15) is 14.7 Å². The number of ether oxygens (including phenoxy) is 2. The third-order valence-corrected chi connectivity index (χ3v) is 6.26. The van der Waals surface area contributed by atoms with Crippen LogP contribution in [-0.4, -0.2) is 66.5 Å². The van der Waals surface area contributed by atoms with E-state index in [0.717, 1.165) is 13.1 Å². The summed E-state index contributed by atoms with van der Waals surface area (Å²) in [6.07, 6.45) is 0. The number of carbonyl (C=O) groups excluding carboxylic acids is 2. The molecule has 1 fully saturated rings. The van der Waals surface area contributed by atoms with Gasteiger partial charge in [0.2, 0.25) is 0 Å². The lowest BCUT2D eigenvalue weighted by molar-refractivity contribution is -0.140. The van der Waals surface area contributed by atoms with E-state index in [-0.39, 0.29) is 11.3 Å². The number of aliphatic hydroxyl groups excluding tert-OH is 1. The van der Waals surface area contributed by atoms with Crippen LogP contribution in [0.15, 0.2) is 48.0 Å². The average molecular weight is 487 g/mol. The number of hydrogen-bond acceptors (Lipinski definition) is 6. The number of likely N-dealkylation sites (N-methyl/N-ethyl adjacent to an activating group) is 1. The van der Waals surface area contributed by atoms with Crippen LogP contribution >= 0.6 is 11.6 Å². The van der Waals surface area contributed by atoms with Crippen molar-refractivity contribution in [2.75, 3.05) is 39.9 Å². The average Bonchev–Trinajstić information content (AvgIpc) is 3.10. The number of Topliss-reactive ketones (excluding diaryl/α,β-unsaturated/α-hetero) is 1. The van der Waals surface area contributed by atoms with Crippen LogP contribution in [0.3, 0.4) is 0 Å². The third-order valence-electron chi connectivity index (χ3n) is 6.01. The van der Waals surface area contributed by atoms with Crippen LogP contribution in [0, 0.1) is 0 Å². The first kappa shape index (κ1) is 25.6. The molecule has 0 radical (unpaired) electrons. The van der Waals surface area contributed by atoms with Crippen LogP contribution in [-0.2, 0) is 9.59 Å². The van der Waals surface area contributed by atoms with Gasteiger partial charge in [0.25, 0.3) is 11.7 Å². The fourth-order valence-corrected chi connectivity index (χ4v) is 4.26. The van der Waals surface area contributed by atoms with Crippen molar-refractivity contribution in [2.45, 2.75) is 26.8 Å². The number of hydrogen-bond donors (Lipinski definition) is 1. The number of benzene rings is 2. The predicted molar refractivity (Wildman–Crippen MR) is 132 cm³/mol. The maximum Gasteiger partial charge on any atom is 0.295 e. The fourth-order valence-electron chi connectivity index (χ4n) is 4.14. The van der Waals surface area contributed by atoms with Crippen molar-refractivity contribution in [3.05, 3.63) is 64.2 Å². The quantitative estimate of drug-likeness (QED) is 0.302. The van der Waals surface area contributed by atoms with E-state index in [4.69, 9.17) is 21.1 Å². The van der Waals surface area contributed by atoms with E-state index in [1.807, 2.05) is 20.8 Å². The summed E-state index contributed by atoms with van der Waals surface area (Å²) >= 11 is 5.99. The molecule has 182 valence electrons. The highest BCUT2D eigenvalue weighted by molar-refractivity contribution is 6.46. The summed E-state index contributed by atoms with van der Waals surface area (Å²) in [4.78, 5) is 30.0. The van der Waals surface area contributed by atoms with Crippen molar-refractivity contribution in [1.82, 2.24) is 9.80 Å². The Morgan fingerprint density at radius 3 is 2.32 bits per heavy atom. The lowest BCUT2D eigenvalue weighted by atomic mass is 9.95. The molecule has 1 aliphatic heterocycles. The molecule has 1 saturated heterocycles. The zero-order chi connectivity index (χ0) is 24.8. The molecule has 3 rings (SSSR count). The molecule has 1 atom stereocenters. The van der Waals surface area contributed by atoms with Crippen LogP contribution < -0.4 is 9.47 Å². The molecule has 0 aliphatic carbocycles. The second kappa shape index (κ2) is 11.4. The van der Waals surface area contributed by atoms with Crippen molar-refractivity contribution < 1.29 is 24.2 Å². The second-order valence-corrected chi connectivity index (χ2v) is 8.31. The number of carbonyl (C=O) groups is 2. The number of nitrogens with zero attached hydrogens (tertiary/aromatic N) is 2. The molecule has 1 N–H and O–H groups in total. The molecule has 1 amide bonds. The number of ketones is 1. The predicted octanol–water partition coefficient (Wildman–Crippen LogP) is 4.51. The lowest BCUT2D eigenvalue weighted by Gasteiger charge is -2.28. The fraction of sp³-hybridized carbons (Fsp3) is 0.385. The van der Waals surface area contributed by atoms with Crippen molar-refractivity contribution >= 4 is 29.1 Å². The van der Waals surface area contributed by atoms with Crippen molar-refractivity contribution in [3.8, 4) is 11.5 Å². The lowest BCUT2D eigenvalue weighted by Crippen LogP contribution is -2.38. The van der Waals surface area contributed by atoms with Crippen LogP contribution in [0.1, 0.15) is 37.9 Å². The van der Waals surface area contributed by atoms with Gasteiger partial charge >= 0.3 is 0 Å². The van der Waals surface area contributed by atoms with Gasteiger partial charge in [-0.05, 0) is 62.0 Å². The van der Waals surface area contributed by atoms with Gasteiger partial charge < -0.3 is 24.4 Å². The Balaban J connectivity index is 2.14. The normalized spacial score (nSPS) is 17.5. The van der Waals surface area contributed by atoms with Gasteiger partial charge in [0.1, 0.15) is 5.76 Å². The van der Waals surface area contributed by atoms with Gasteiger partial charge in [0.15, 0.2) is 11.5 Å². The van der Waals surface area contributed by atoms with E-state index < -0.39 is 17.7 Å². The Morgan fingerprint density at radius 2 is 1.74 bits per heavy atom. The van der Waals surface area contributed by atoms with Gasteiger partial charge in [-0.15, -0.1) is 0 Å². The minimum absolute atomic E-state index is 0.0399. The molecule has 1 aliphatic rings. The Morgan fingerprint density at radius 1 is 1.06 bits per heavy atom. The highest BCUT2D eigenvalue weighted by atomic mass is 35.5. The van der Waals surface area contributed by atoms with Crippen molar-refractivity contribution in [2.24, 2.45) is 0 Å². The highest BCUT2D eigenvalue weighted by Gasteiger charge is 2.46. The van der Waals surface area contributed by atoms with Crippen molar-refractivity contribution in [3.63, 3.8) is 0 Å². The molecule has 0 spiro atoms. The zero-order valence-electron chi connectivity index (χ0n) is 20.0. The molecule has 0 unspecified atom stereocenters. The first-order valence-corrected chi connectivity index (χ1v) is 11.8. The first-order valence-electron chi connectivity index (χ1n) is 11.4. The van der Waals surface area contributed by atoms with Gasteiger partial charge in [-0.2, -0.15) is 0 Å². The minimum Gasteiger partial charge on any atom is -0.507 e. The Labute approximate surface area is 205 Å². The van der Waals surface area contributed by atoms with Crippen LogP contribution in [0.25, 0.3) is 5.76 Å². The van der Waals surface area contributed by atoms with Gasteiger partial charge in [-0.3, -0.25) is 9.59 Å². The summed E-state index contributed by atoms with van der Waals surface area (Å²) in [5, 5.41) is 11.7. The largest absolute Gasteiger partial charge is 0.507 e. The molecule has 0 aromatic heterocycles. The minimum atomic E-state index is -0.768. The molecule has 1 heterocycles. The number of rotatable bonds is 10. The number of halogens is 1. The molecule has 34 heavy (non-hydrogen) atoms. The Bertz CT molecular complexity index is 1060. The van der Waals surface area contributed by atoms with Crippen LogP contribution in [0.2, 0.25) is 5.02 Å². The smallest absolute Gasteiger partial charge is 0.295 e. The molecular weight excluding hydrogens is 456 g/mol. The third kappa shape index (κ3) is 5.21. The molecule has 7 nitrogen and oxygen atoms in total. The summed E-state index contributed by atoms with van der Waals surface area (Å²) < 4.78 is 11.1. The highest BCUT2D eigenvalue weighted by Crippen LogP contribution is 2.42. The first-order chi connectivity index (χ1) is 16.4. The Hall–Kier alpha value is -3.03. The number of methoxy groups -OCH3 is 1. The monoisotopic (exact) mass is 486 g/mol. The Kier molecular flexibility index (Phi) is 8.58. The van der Waals surface area contributed by atoms with E-state index in [2.05, 4.69) is 4.90 Å². The summed E-state index contributed by atoms with van der Waals surface area (Å²) in [6, 6.07) is 11.0. The van der Waals surface area contributed by atoms with Gasteiger partial charge in [0, 0.05) is 23.7 Å². The summed E-state index contributed by atoms with van der Waals surface area (Å²) in [7, 11) is 1.53. The molecule has 8 heteroatoms. The van der Waals surface area contributed by atoms with E-state index in [1.54, 1.807) is 42.5 Å². The zero-order valence-corrected chi connectivity index (χ0v) is 20.8. The second-order valence-electron chi connectivity index (χ2n) is 7.87. The summed E-state index contributed by atoms with van der Waals surface area (Å²) in [5.41, 5.74) is 1.10. The maximum absolute atomic E-state index is 13.2.